The highest BCUT2D eigenvalue weighted by Crippen LogP contribution is 2.33. The Balaban J connectivity index is 1.55. The molecule has 1 aliphatic rings. The number of aromatic nitrogens is 4. The molecule has 1 fully saturated rings. The lowest BCUT2D eigenvalue weighted by atomic mass is 9.85. The van der Waals surface area contributed by atoms with Crippen LogP contribution in [-0.4, -0.2) is 44.4 Å². The lowest BCUT2D eigenvalue weighted by Gasteiger charge is -2.26. The van der Waals surface area contributed by atoms with Gasteiger partial charge in [0.05, 0.1) is 25.1 Å². The monoisotopic (exact) mass is 426 g/mol. The van der Waals surface area contributed by atoms with E-state index in [0.717, 1.165) is 48.4 Å². The summed E-state index contributed by atoms with van der Waals surface area (Å²) in [4.78, 5) is 19.2. The van der Waals surface area contributed by atoms with Gasteiger partial charge in [-0.2, -0.15) is 4.40 Å². The third kappa shape index (κ3) is 4.57. The molecule has 0 radical (unpaired) electrons. The van der Waals surface area contributed by atoms with Gasteiger partial charge in [0.25, 0.3) is 0 Å². The first-order valence-corrected chi connectivity index (χ1v) is 11.0. The zero-order chi connectivity index (χ0) is 22.2. The Labute approximate surface area is 182 Å². The quantitative estimate of drug-likeness (QED) is 0.593. The van der Waals surface area contributed by atoms with Gasteiger partial charge < -0.3 is 14.1 Å². The summed E-state index contributed by atoms with van der Waals surface area (Å²) in [5.41, 5.74) is 3.30. The second-order valence-corrected chi connectivity index (χ2v) is 9.47. The SMILES string of the molecule is CC(c1ncc(-c2ccoc2)[n+]2cn(C)nc12)C1CCCN(C(=O)OC(C)(C)C)CC1. The standard InChI is InChI=1S/C23H32N5O3/c1-16(17-7-6-10-27(11-8-17)22(29)31-23(2,3)4)20-21-25-26(5)15-28(21)19(13-24-20)18-9-12-30-14-18/h9,12-17H,6-8,10-11H2,1-5H3/q+1. The van der Waals surface area contributed by atoms with Gasteiger partial charge in [0.2, 0.25) is 6.33 Å². The van der Waals surface area contributed by atoms with Gasteiger partial charge in [0.15, 0.2) is 0 Å². The van der Waals surface area contributed by atoms with Crippen molar-refractivity contribution in [2.24, 2.45) is 13.0 Å². The Hall–Kier alpha value is -2.90. The first kappa shape index (κ1) is 21.3. The first-order valence-electron chi connectivity index (χ1n) is 11.0. The van der Waals surface area contributed by atoms with E-state index in [1.165, 1.54) is 0 Å². The lowest BCUT2D eigenvalue weighted by Crippen LogP contribution is -2.37. The highest BCUT2D eigenvalue weighted by atomic mass is 16.6. The summed E-state index contributed by atoms with van der Waals surface area (Å²) < 4.78 is 14.7. The molecule has 8 heteroatoms. The molecular formula is C23H32N5O3+. The molecule has 166 valence electrons. The van der Waals surface area contributed by atoms with Crippen LogP contribution in [0.2, 0.25) is 0 Å². The van der Waals surface area contributed by atoms with Crippen molar-refractivity contribution in [3.05, 3.63) is 36.8 Å². The van der Waals surface area contributed by atoms with Crippen LogP contribution in [0.4, 0.5) is 4.79 Å². The van der Waals surface area contributed by atoms with E-state index in [1.54, 1.807) is 12.5 Å². The van der Waals surface area contributed by atoms with Crippen LogP contribution in [0.25, 0.3) is 16.9 Å². The number of nitrogens with zero attached hydrogens (tertiary/aromatic N) is 5. The largest absolute Gasteiger partial charge is 0.472 e. The average molecular weight is 427 g/mol. The number of ether oxygens (including phenoxy) is 1. The predicted octanol–water partition coefficient (Wildman–Crippen LogP) is 3.95. The molecule has 0 aliphatic carbocycles. The molecule has 0 saturated carbocycles. The number of carbonyl (C=O) groups excluding carboxylic acids is 1. The van der Waals surface area contributed by atoms with Gasteiger partial charge in [-0.3, -0.25) is 4.98 Å². The van der Waals surface area contributed by atoms with E-state index in [2.05, 4.69) is 11.3 Å². The summed E-state index contributed by atoms with van der Waals surface area (Å²) in [6.07, 6.45) is 9.95. The molecule has 8 nitrogen and oxygen atoms in total. The second kappa shape index (κ2) is 8.32. The first-order chi connectivity index (χ1) is 14.7. The zero-order valence-corrected chi connectivity index (χ0v) is 19.0. The molecule has 31 heavy (non-hydrogen) atoms. The molecule has 4 heterocycles. The fraction of sp³-hybridized carbons (Fsp3) is 0.565. The molecule has 0 N–H and O–H groups in total. The van der Waals surface area contributed by atoms with Crippen LogP contribution in [0, 0.1) is 5.92 Å². The maximum absolute atomic E-state index is 12.5. The Morgan fingerprint density at radius 3 is 2.84 bits per heavy atom. The van der Waals surface area contributed by atoms with Gasteiger partial charge in [-0.05, 0) is 52.0 Å². The molecule has 1 aliphatic heterocycles. The Morgan fingerprint density at radius 2 is 2.13 bits per heavy atom. The van der Waals surface area contributed by atoms with Crippen molar-refractivity contribution >= 4 is 11.7 Å². The number of hydrogen-bond acceptors (Lipinski definition) is 5. The van der Waals surface area contributed by atoms with Crippen LogP contribution in [0.3, 0.4) is 0 Å². The van der Waals surface area contributed by atoms with Crippen LogP contribution in [0.1, 0.15) is 58.6 Å². The highest BCUT2D eigenvalue weighted by molar-refractivity contribution is 5.68. The molecule has 0 bridgehead atoms. The second-order valence-electron chi connectivity index (χ2n) is 9.47. The third-order valence-electron chi connectivity index (χ3n) is 5.96. The van der Waals surface area contributed by atoms with Crippen molar-refractivity contribution in [1.29, 1.82) is 0 Å². The number of aryl methyl sites for hydroxylation is 1. The maximum Gasteiger partial charge on any atom is 0.410 e. The number of rotatable bonds is 3. The number of amides is 1. The summed E-state index contributed by atoms with van der Waals surface area (Å²) in [5.74, 6) is 0.646. The van der Waals surface area contributed by atoms with E-state index >= 15 is 0 Å². The van der Waals surface area contributed by atoms with Crippen LogP contribution < -0.4 is 4.40 Å². The Morgan fingerprint density at radius 1 is 1.32 bits per heavy atom. The fourth-order valence-corrected chi connectivity index (χ4v) is 4.35. The zero-order valence-electron chi connectivity index (χ0n) is 19.0. The number of likely N-dealkylation sites (tertiary alicyclic amines) is 1. The predicted molar refractivity (Wildman–Crippen MR) is 115 cm³/mol. The van der Waals surface area contributed by atoms with Crippen molar-refractivity contribution in [3.63, 3.8) is 0 Å². The number of hydrogen-bond donors (Lipinski definition) is 0. The summed E-state index contributed by atoms with van der Waals surface area (Å²) in [6.45, 7) is 9.38. The van der Waals surface area contributed by atoms with Crippen LogP contribution in [-0.2, 0) is 11.8 Å². The van der Waals surface area contributed by atoms with Gasteiger partial charge >= 0.3 is 11.7 Å². The summed E-state index contributed by atoms with van der Waals surface area (Å²) in [6, 6.07) is 1.93. The molecule has 3 aromatic heterocycles. The topological polar surface area (TPSA) is 77.5 Å². The summed E-state index contributed by atoms with van der Waals surface area (Å²) >= 11 is 0. The van der Waals surface area contributed by atoms with Crippen molar-refractivity contribution in [3.8, 4) is 11.3 Å². The average Bonchev–Trinajstić information content (AvgIpc) is 3.28. The van der Waals surface area contributed by atoms with E-state index < -0.39 is 5.60 Å². The summed E-state index contributed by atoms with van der Waals surface area (Å²) in [7, 11) is 1.92. The minimum absolute atomic E-state index is 0.217. The van der Waals surface area contributed by atoms with Crippen molar-refractivity contribution in [2.45, 2.75) is 58.5 Å². The smallest absolute Gasteiger partial charge is 0.410 e. The lowest BCUT2D eigenvalue weighted by molar-refractivity contribution is -0.501. The molecule has 0 spiro atoms. The number of fused-ring (bicyclic) bond motifs is 1. The molecule has 1 saturated heterocycles. The third-order valence-corrected chi connectivity index (χ3v) is 5.96. The summed E-state index contributed by atoms with van der Waals surface area (Å²) in [5, 5.41) is 4.71. The Kier molecular flexibility index (Phi) is 5.73. The van der Waals surface area contributed by atoms with Gasteiger partial charge in [-0.15, -0.1) is 4.68 Å². The van der Waals surface area contributed by atoms with E-state index in [0.29, 0.717) is 12.5 Å². The molecule has 0 aromatic carbocycles. The van der Waals surface area contributed by atoms with E-state index in [4.69, 9.17) is 19.2 Å². The highest BCUT2D eigenvalue weighted by Gasteiger charge is 2.31. The minimum atomic E-state index is -0.474. The van der Waals surface area contributed by atoms with E-state index in [-0.39, 0.29) is 12.0 Å². The Bertz CT molecular complexity index is 1050. The van der Waals surface area contributed by atoms with Gasteiger partial charge in [-0.1, -0.05) is 6.92 Å². The maximum atomic E-state index is 12.5. The van der Waals surface area contributed by atoms with Crippen LogP contribution in [0.15, 0.2) is 35.5 Å². The molecule has 2 unspecified atom stereocenters. The van der Waals surface area contributed by atoms with Crippen LogP contribution in [0.5, 0.6) is 0 Å². The normalized spacial score (nSPS) is 18.7. The van der Waals surface area contributed by atoms with Gasteiger partial charge in [-0.25, -0.2) is 4.79 Å². The van der Waals surface area contributed by atoms with Crippen LogP contribution >= 0.6 is 0 Å². The number of carbonyl (C=O) groups is 1. The van der Waals surface area contributed by atoms with Crippen molar-refractivity contribution in [2.75, 3.05) is 13.1 Å². The molecule has 3 aromatic rings. The molecular weight excluding hydrogens is 394 g/mol. The van der Waals surface area contributed by atoms with E-state index in [9.17, 15) is 4.79 Å². The molecule has 4 rings (SSSR count). The van der Waals surface area contributed by atoms with Crippen molar-refractivity contribution < 1.29 is 18.3 Å². The minimum Gasteiger partial charge on any atom is -0.472 e. The van der Waals surface area contributed by atoms with Crippen molar-refractivity contribution in [1.82, 2.24) is 19.7 Å². The fourth-order valence-electron chi connectivity index (χ4n) is 4.35. The molecule has 1 amide bonds. The van der Waals surface area contributed by atoms with Gasteiger partial charge in [0.1, 0.15) is 23.3 Å². The van der Waals surface area contributed by atoms with Gasteiger partial charge in [0, 0.05) is 24.1 Å². The van der Waals surface area contributed by atoms with E-state index in [1.807, 2.05) is 56.0 Å². The number of furan rings is 1. The molecule has 2 atom stereocenters.